The predicted octanol–water partition coefficient (Wildman–Crippen LogP) is 6.49. The summed E-state index contributed by atoms with van der Waals surface area (Å²) in [5, 5.41) is 3.27. The van der Waals surface area contributed by atoms with Gasteiger partial charge in [-0.15, -0.1) is 0 Å². The molecule has 28 heavy (non-hydrogen) atoms. The van der Waals surface area contributed by atoms with Crippen molar-refractivity contribution in [3.05, 3.63) is 71.8 Å². The number of benzene rings is 2. The zero-order valence-corrected chi connectivity index (χ0v) is 17.5. The molecule has 0 fully saturated rings. The summed E-state index contributed by atoms with van der Waals surface area (Å²) >= 11 is 0. The standard InChI is InChI=1S/C26H37NO/c1-2-14-25(22-21-24-18-11-7-12-19-24)27-26(28)20-13-5-3-4-8-15-23-16-9-6-10-17-23/h6-7,9-12,16-19,25H,2-5,8,13-15,20-22H2,1H3,(H,27,28). The van der Waals surface area contributed by atoms with E-state index in [4.69, 9.17) is 0 Å². The van der Waals surface area contributed by atoms with Crippen molar-refractivity contribution in [3.8, 4) is 0 Å². The molecule has 2 rings (SSSR count). The van der Waals surface area contributed by atoms with E-state index in [0.29, 0.717) is 12.5 Å². The van der Waals surface area contributed by atoms with Crippen LogP contribution in [0.2, 0.25) is 0 Å². The number of carbonyl (C=O) groups is 1. The van der Waals surface area contributed by atoms with Crippen molar-refractivity contribution >= 4 is 5.91 Å². The molecular weight excluding hydrogens is 342 g/mol. The first kappa shape index (κ1) is 22.2. The fourth-order valence-electron chi connectivity index (χ4n) is 3.71. The number of hydrogen-bond donors (Lipinski definition) is 1. The summed E-state index contributed by atoms with van der Waals surface area (Å²) < 4.78 is 0. The Hall–Kier alpha value is -2.09. The van der Waals surface area contributed by atoms with Crippen molar-refractivity contribution in [2.75, 3.05) is 0 Å². The lowest BCUT2D eigenvalue weighted by Crippen LogP contribution is -2.35. The van der Waals surface area contributed by atoms with E-state index in [1.54, 1.807) is 0 Å². The summed E-state index contributed by atoms with van der Waals surface area (Å²) in [7, 11) is 0. The van der Waals surface area contributed by atoms with Crippen molar-refractivity contribution in [2.45, 2.75) is 83.6 Å². The maximum Gasteiger partial charge on any atom is 0.220 e. The van der Waals surface area contributed by atoms with E-state index in [2.05, 4.69) is 72.9 Å². The molecule has 0 saturated heterocycles. The van der Waals surface area contributed by atoms with Gasteiger partial charge in [0.2, 0.25) is 5.91 Å². The van der Waals surface area contributed by atoms with Gasteiger partial charge in [-0.2, -0.15) is 0 Å². The average Bonchev–Trinajstić information content (AvgIpc) is 2.73. The van der Waals surface area contributed by atoms with Gasteiger partial charge in [-0.25, -0.2) is 0 Å². The van der Waals surface area contributed by atoms with Crippen LogP contribution < -0.4 is 5.32 Å². The highest BCUT2D eigenvalue weighted by Crippen LogP contribution is 2.12. The van der Waals surface area contributed by atoms with Crippen LogP contribution in [0.5, 0.6) is 0 Å². The lowest BCUT2D eigenvalue weighted by atomic mass is 10.0. The topological polar surface area (TPSA) is 29.1 Å². The molecule has 0 bridgehead atoms. The minimum atomic E-state index is 0.232. The Balaban J connectivity index is 1.54. The summed E-state index contributed by atoms with van der Waals surface area (Å²) in [6.07, 6.45) is 12.0. The lowest BCUT2D eigenvalue weighted by molar-refractivity contribution is -0.122. The van der Waals surface area contributed by atoms with E-state index < -0.39 is 0 Å². The SMILES string of the molecule is CCCC(CCc1ccccc1)NC(=O)CCCCCCCc1ccccc1. The third kappa shape index (κ3) is 9.73. The zero-order chi connectivity index (χ0) is 19.9. The molecule has 2 heteroatoms. The number of hydrogen-bond acceptors (Lipinski definition) is 1. The third-order valence-electron chi connectivity index (χ3n) is 5.34. The monoisotopic (exact) mass is 379 g/mol. The van der Waals surface area contributed by atoms with Crippen LogP contribution in [-0.2, 0) is 17.6 Å². The number of nitrogens with one attached hydrogen (secondary N) is 1. The van der Waals surface area contributed by atoms with Gasteiger partial charge in [0.1, 0.15) is 0 Å². The van der Waals surface area contributed by atoms with Crippen molar-refractivity contribution in [1.29, 1.82) is 0 Å². The van der Waals surface area contributed by atoms with Gasteiger partial charge in [0.25, 0.3) is 0 Å². The molecule has 0 heterocycles. The Bertz CT molecular complexity index is 638. The first-order valence-corrected chi connectivity index (χ1v) is 11.1. The molecule has 2 aromatic rings. The summed E-state index contributed by atoms with van der Waals surface area (Å²) in [4.78, 5) is 12.3. The summed E-state index contributed by atoms with van der Waals surface area (Å²) in [6, 6.07) is 21.6. The summed E-state index contributed by atoms with van der Waals surface area (Å²) in [6.45, 7) is 2.19. The highest BCUT2D eigenvalue weighted by molar-refractivity contribution is 5.76. The van der Waals surface area contributed by atoms with Crippen LogP contribution in [0.15, 0.2) is 60.7 Å². The second kappa shape index (κ2) is 14.0. The van der Waals surface area contributed by atoms with Gasteiger partial charge >= 0.3 is 0 Å². The quantitative estimate of drug-likeness (QED) is 0.374. The van der Waals surface area contributed by atoms with Gasteiger partial charge in [0.15, 0.2) is 0 Å². The van der Waals surface area contributed by atoms with E-state index >= 15 is 0 Å². The highest BCUT2D eigenvalue weighted by atomic mass is 16.1. The second-order valence-corrected chi connectivity index (χ2v) is 7.83. The number of unbranched alkanes of at least 4 members (excludes halogenated alkanes) is 4. The molecule has 1 amide bonds. The molecule has 0 radical (unpaired) electrons. The highest BCUT2D eigenvalue weighted by Gasteiger charge is 2.11. The Labute approximate surface area is 171 Å². The van der Waals surface area contributed by atoms with Crippen molar-refractivity contribution in [2.24, 2.45) is 0 Å². The van der Waals surface area contributed by atoms with Gasteiger partial charge in [0.05, 0.1) is 0 Å². The fraction of sp³-hybridized carbons (Fsp3) is 0.500. The Morgan fingerprint density at radius 3 is 1.96 bits per heavy atom. The van der Waals surface area contributed by atoms with E-state index in [-0.39, 0.29) is 5.91 Å². The molecule has 2 aromatic carbocycles. The number of carbonyl (C=O) groups excluding carboxylic acids is 1. The normalized spacial score (nSPS) is 11.9. The van der Waals surface area contributed by atoms with Crippen LogP contribution in [0.3, 0.4) is 0 Å². The second-order valence-electron chi connectivity index (χ2n) is 7.83. The molecule has 1 atom stereocenters. The molecule has 1 N–H and O–H groups in total. The first-order valence-electron chi connectivity index (χ1n) is 11.1. The minimum absolute atomic E-state index is 0.232. The molecule has 1 unspecified atom stereocenters. The Morgan fingerprint density at radius 1 is 0.750 bits per heavy atom. The van der Waals surface area contributed by atoms with Crippen LogP contribution in [0.1, 0.15) is 75.8 Å². The average molecular weight is 380 g/mol. The van der Waals surface area contributed by atoms with Gasteiger partial charge in [-0.05, 0) is 49.7 Å². The lowest BCUT2D eigenvalue weighted by Gasteiger charge is -2.18. The van der Waals surface area contributed by atoms with Crippen LogP contribution in [0.25, 0.3) is 0 Å². The maximum atomic E-state index is 12.3. The van der Waals surface area contributed by atoms with Crippen LogP contribution >= 0.6 is 0 Å². The summed E-state index contributed by atoms with van der Waals surface area (Å²) in [5.41, 5.74) is 2.78. The van der Waals surface area contributed by atoms with Gasteiger partial charge in [-0.1, -0.05) is 93.3 Å². The summed E-state index contributed by atoms with van der Waals surface area (Å²) in [5.74, 6) is 0.232. The third-order valence-corrected chi connectivity index (χ3v) is 5.34. The van der Waals surface area contributed by atoms with E-state index in [9.17, 15) is 4.79 Å². The molecule has 0 aliphatic heterocycles. The van der Waals surface area contributed by atoms with Crippen molar-refractivity contribution in [1.82, 2.24) is 5.32 Å². The molecule has 2 nitrogen and oxygen atoms in total. The smallest absolute Gasteiger partial charge is 0.220 e. The zero-order valence-electron chi connectivity index (χ0n) is 17.5. The number of amides is 1. The molecule has 152 valence electrons. The first-order chi connectivity index (χ1) is 13.8. The van der Waals surface area contributed by atoms with Gasteiger partial charge < -0.3 is 5.32 Å². The van der Waals surface area contributed by atoms with Crippen LogP contribution in [0.4, 0.5) is 0 Å². The van der Waals surface area contributed by atoms with Gasteiger partial charge in [-0.3, -0.25) is 4.79 Å². The molecule has 0 aliphatic rings. The Kier molecular flexibility index (Phi) is 11.1. The molecule has 0 saturated carbocycles. The molecule has 0 spiro atoms. The maximum absolute atomic E-state index is 12.3. The number of aryl methyl sites for hydroxylation is 2. The fourth-order valence-corrected chi connectivity index (χ4v) is 3.71. The van der Waals surface area contributed by atoms with E-state index in [1.807, 2.05) is 0 Å². The van der Waals surface area contributed by atoms with Crippen LogP contribution in [0, 0.1) is 0 Å². The largest absolute Gasteiger partial charge is 0.353 e. The van der Waals surface area contributed by atoms with E-state index in [0.717, 1.165) is 38.5 Å². The predicted molar refractivity (Wildman–Crippen MR) is 119 cm³/mol. The number of rotatable bonds is 14. The molecule has 0 aliphatic carbocycles. The van der Waals surface area contributed by atoms with Gasteiger partial charge in [0, 0.05) is 12.5 Å². The van der Waals surface area contributed by atoms with Crippen molar-refractivity contribution < 1.29 is 4.79 Å². The van der Waals surface area contributed by atoms with Crippen molar-refractivity contribution in [3.63, 3.8) is 0 Å². The molecule has 0 aromatic heterocycles. The van der Waals surface area contributed by atoms with Crippen LogP contribution in [-0.4, -0.2) is 11.9 Å². The van der Waals surface area contributed by atoms with E-state index in [1.165, 1.54) is 36.8 Å². The molecular formula is C26H37NO. The Morgan fingerprint density at radius 2 is 1.32 bits per heavy atom. The minimum Gasteiger partial charge on any atom is -0.353 e.